The smallest absolute Gasteiger partial charge is 0.194 e. The van der Waals surface area contributed by atoms with Crippen molar-refractivity contribution in [2.75, 3.05) is 45.9 Å². The van der Waals surface area contributed by atoms with E-state index in [1.54, 1.807) is 11.3 Å². The molecule has 0 aromatic carbocycles. The average Bonchev–Trinajstić information content (AvgIpc) is 3.29. The van der Waals surface area contributed by atoms with Gasteiger partial charge in [-0.3, -0.25) is 4.90 Å². The first kappa shape index (κ1) is 17.6. The van der Waals surface area contributed by atoms with E-state index < -0.39 is 0 Å². The quantitative estimate of drug-likeness (QED) is 0.645. The fourth-order valence-corrected chi connectivity index (χ4v) is 4.11. The second-order valence-corrected chi connectivity index (χ2v) is 7.48. The number of nitrogens with zero attached hydrogens (tertiary/aromatic N) is 4. The van der Waals surface area contributed by atoms with Gasteiger partial charge in [-0.25, -0.2) is 9.98 Å². The summed E-state index contributed by atoms with van der Waals surface area (Å²) in [4.78, 5) is 15.6. The summed E-state index contributed by atoms with van der Waals surface area (Å²) in [5.41, 5.74) is 0. The minimum absolute atomic E-state index is 0.629. The van der Waals surface area contributed by atoms with Crippen molar-refractivity contribution < 1.29 is 4.74 Å². The highest BCUT2D eigenvalue weighted by Crippen LogP contribution is 2.18. The van der Waals surface area contributed by atoms with Crippen molar-refractivity contribution in [2.45, 2.75) is 39.3 Å². The third-order valence-electron chi connectivity index (χ3n) is 4.67. The van der Waals surface area contributed by atoms with Gasteiger partial charge < -0.3 is 15.0 Å². The van der Waals surface area contributed by atoms with Gasteiger partial charge in [0.25, 0.3) is 0 Å². The summed E-state index contributed by atoms with van der Waals surface area (Å²) in [6.07, 6.45) is 4.24. The number of ether oxygens (including phenoxy) is 1. The van der Waals surface area contributed by atoms with Crippen molar-refractivity contribution in [3.8, 4) is 0 Å². The molecular weight excluding hydrogens is 322 g/mol. The van der Waals surface area contributed by atoms with E-state index in [-0.39, 0.29) is 0 Å². The standard InChI is InChI=1S/C17H29N5OS/c1-3-15-11-19-16(24-15)12-20-17(18-4-2)22-6-5-14(13-22)21-7-9-23-10-8-21/h11,14H,3-10,12-13H2,1-2H3,(H,18,20). The predicted molar refractivity (Wildman–Crippen MR) is 98.7 cm³/mol. The molecule has 24 heavy (non-hydrogen) atoms. The monoisotopic (exact) mass is 351 g/mol. The molecule has 1 N–H and O–H groups in total. The molecule has 0 saturated carbocycles. The Morgan fingerprint density at radius 3 is 2.92 bits per heavy atom. The van der Waals surface area contributed by atoms with Gasteiger partial charge in [0.05, 0.1) is 19.8 Å². The Morgan fingerprint density at radius 1 is 1.38 bits per heavy atom. The number of rotatable bonds is 5. The first-order valence-electron chi connectivity index (χ1n) is 9.08. The molecule has 2 aliphatic rings. The molecule has 0 aliphatic carbocycles. The van der Waals surface area contributed by atoms with Gasteiger partial charge in [-0.05, 0) is 19.8 Å². The summed E-state index contributed by atoms with van der Waals surface area (Å²) in [7, 11) is 0. The van der Waals surface area contributed by atoms with Crippen LogP contribution in [0.1, 0.15) is 30.2 Å². The van der Waals surface area contributed by atoms with E-state index in [1.807, 2.05) is 6.20 Å². The van der Waals surface area contributed by atoms with Crippen LogP contribution < -0.4 is 5.32 Å². The number of morpholine rings is 1. The van der Waals surface area contributed by atoms with Crippen LogP contribution in [0.2, 0.25) is 0 Å². The lowest BCUT2D eigenvalue weighted by atomic mass is 10.2. The minimum Gasteiger partial charge on any atom is -0.379 e. The van der Waals surface area contributed by atoms with E-state index in [2.05, 4.69) is 33.9 Å². The van der Waals surface area contributed by atoms with E-state index in [0.717, 1.165) is 63.3 Å². The molecule has 1 unspecified atom stereocenters. The number of aliphatic imine (C=N–C) groups is 1. The number of guanidine groups is 1. The third kappa shape index (κ3) is 4.46. The van der Waals surface area contributed by atoms with Crippen LogP contribution >= 0.6 is 11.3 Å². The molecule has 0 bridgehead atoms. The second kappa shape index (κ2) is 8.78. The van der Waals surface area contributed by atoms with Crippen LogP contribution in [0.5, 0.6) is 0 Å². The first-order valence-corrected chi connectivity index (χ1v) is 9.90. The normalized spacial score (nSPS) is 23.0. The maximum atomic E-state index is 5.47. The molecule has 7 heteroatoms. The second-order valence-electron chi connectivity index (χ2n) is 6.28. The molecule has 2 saturated heterocycles. The molecule has 1 atom stereocenters. The Kier molecular flexibility index (Phi) is 6.45. The van der Waals surface area contributed by atoms with Crippen molar-refractivity contribution in [2.24, 2.45) is 4.99 Å². The highest BCUT2D eigenvalue weighted by atomic mass is 32.1. The minimum atomic E-state index is 0.629. The summed E-state index contributed by atoms with van der Waals surface area (Å²) in [6, 6.07) is 0.629. The van der Waals surface area contributed by atoms with Crippen LogP contribution in [0.15, 0.2) is 11.2 Å². The molecule has 3 heterocycles. The summed E-state index contributed by atoms with van der Waals surface area (Å²) in [5.74, 6) is 1.03. The van der Waals surface area contributed by atoms with Crippen molar-refractivity contribution in [3.63, 3.8) is 0 Å². The lowest BCUT2D eigenvalue weighted by molar-refractivity contribution is 0.0195. The molecule has 0 spiro atoms. The molecule has 134 valence electrons. The number of aryl methyl sites for hydroxylation is 1. The summed E-state index contributed by atoms with van der Waals surface area (Å²) < 4.78 is 5.47. The predicted octanol–water partition coefficient (Wildman–Crippen LogP) is 1.58. The average molecular weight is 352 g/mol. The van der Waals surface area contributed by atoms with Crippen LogP contribution in [0.4, 0.5) is 0 Å². The van der Waals surface area contributed by atoms with Crippen molar-refractivity contribution in [3.05, 3.63) is 16.1 Å². The van der Waals surface area contributed by atoms with Gasteiger partial charge in [0.1, 0.15) is 5.01 Å². The molecule has 3 rings (SSSR count). The van der Waals surface area contributed by atoms with Crippen LogP contribution in [0.25, 0.3) is 0 Å². The van der Waals surface area contributed by atoms with Crippen LogP contribution in [0.3, 0.4) is 0 Å². The number of aromatic nitrogens is 1. The van der Waals surface area contributed by atoms with E-state index in [1.165, 1.54) is 11.3 Å². The molecule has 2 fully saturated rings. The molecule has 1 aromatic heterocycles. The van der Waals surface area contributed by atoms with Crippen molar-refractivity contribution in [1.82, 2.24) is 20.1 Å². The Hall–Kier alpha value is -1.18. The SMILES string of the molecule is CCNC(=NCc1ncc(CC)s1)N1CCC(N2CCOCC2)C1. The van der Waals surface area contributed by atoms with E-state index >= 15 is 0 Å². The zero-order valence-electron chi connectivity index (χ0n) is 14.8. The van der Waals surface area contributed by atoms with Gasteiger partial charge in [-0.2, -0.15) is 0 Å². The van der Waals surface area contributed by atoms with E-state index in [9.17, 15) is 0 Å². The van der Waals surface area contributed by atoms with Gasteiger partial charge in [0.2, 0.25) is 0 Å². The van der Waals surface area contributed by atoms with Gasteiger partial charge in [0, 0.05) is 49.8 Å². The summed E-state index contributed by atoms with van der Waals surface area (Å²) >= 11 is 1.77. The molecule has 0 radical (unpaired) electrons. The molecule has 1 aromatic rings. The Bertz CT molecular complexity index is 541. The molecule has 0 amide bonds. The van der Waals surface area contributed by atoms with E-state index in [4.69, 9.17) is 9.73 Å². The molecular formula is C17H29N5OS. The fraction of sp³-hybridized carbons (Fsp3) is 0.765. The number of likely N-dealkylation sites (tertiary alicyclic amines) is 1. The summed E-state index contributed by atoms with van der Waals surface area (Å²) in [5, 5.41) is 4.55. The van der Waals surface area contributed by atoms with Crippen molar-refractivity contribution >= 4 is 17.3 Å². The Labute approximate surface area is 148 Å². The first-order chi connectivity index (χ1) is 11.8. The van der Waals surface area contributed by atoms with E-state index in [0.29, 0.717) is 12.6 Å². The third-order valence-corrected chi connectivity index (χ3v) is 5.80. The number of thiazole rings is 1. The fourth-order valence-electron chi connectivity index (χ4n) is 3.33. The topological polar surface area (TPSA) is 53.0 Å². The van der Waals surface area contributed by atoms with Crippen LogP contribution in [-0.4, -0.2) is 72.7 Å². The highest BCUT2D eigenvalue weighted by Gasteiger charge is 2.30. The number of hydrogen-bond donors (Lipinski definition) is 1. The number of nitrogens with one attached hydrogen (secondary N) is 1. The Morgan fingerprint density at radius 2 is 2.21 bits per heavy atom. The van der Waals surface area contributed by atoms with Gasteiger partial charge >= 0.3 is 0 Å². The lowest BCUT2D eigenvalue weighted by Gasteiger charge is -2.32. The maximum absolute atomic E-state index is 5.47. The van der Waals surface area contributed by atoms with Crippen LogP contribution in [-0.2, 0) is 17.7 Å². The highest BCUT2D eigenvalue weighted by molar-refractivity contribution is 7.11. The molecule has 6 nitrogen and oxygen atoms in total. The Balaban J connectivity index is 1.59. The molecule has 2 aliphatic heterocycles. The van der Waals surface area contributed by atoms with Gasteiger partial charge in [-0.1, -0.05) is 6.92 Å². The lowest BCUT2D eigenvalue weighted by Crippen LogP contribution is -2.46. The maximum Gasteiger partial charge on any atom is 0.194 e. The van der Waals surface area contributed by atoms with Crippen LogP contribution in [0, 0.1) is 0 Å². The van der Waals surface area contributed by atoms with Crippen molar-refractivity contribution in [1.29, 1.82) is 0 Å². The zero-order valence-corrected chi connectivity index (χ0v) is 15.6. The number of hydrogen-bond acceptors (Lipinski definition) is 5. The summed E-state index contributed by atoms with van der Waals surface area (Å²) in [6.45, 7) is 11.9. The van der Waals surface area contributed by atoms with Gasteiger partial charge in [-0.15, -0.1) is 11.3 Å². The zero-order chi connectivity index (χ0) is 16.8. The largest absolute Gasteiger partial charge is 0.379 e. The van der Waals surface area contributed by atoms with Gasteiger partial charge in [0.15, 0.2) is 5.96 Å².